The lowest BCUT2D eigenvalue weighted by Gasteiger charge is -2.29. The van der Waals surface area contributed by atoms with Gasteiger partial charge >= 0.3 is 0 Å². The van der Waals surface area contributed by atoms with E-state index in [0.29, 0.717) is 29.0 Å². The number of benzene rings is 1. The molecule has 1 aliphatic heterocycles. The molecule has 3 rings (SSSR count). The zero-order valence-corrected chi connectivity index (χ0v) is 20.0. The van der Waals surface area contributed by atoms with Gasteiger partial charge in [-0.15, -0.1) is 0 Å². The van der Waals surface area contributed by atoms with Crippen LogP contribution in [0.5, 0.6) is 0 Å². The molecule has 2 atom stereocenters. The Hall–Kier alpha value is -1.12. The summed E-state index contributed by atoms with van der Waals surface area (Å²) in [4.78, 5) is 0. The van der Waals surface area contributed by atoms with Crippen molar-refractivity contribution in [3.8, 4) is 0 Å². The van der Waals surface area contributed by atoms with Gasteiger partial charge in [0.15, 0.2) is 0 Å². The fraction of sp³-hybridized carbons (Fsp3) is 0.667. The molecule has 2 aliphatic rings. The Morgan fingerprint density at radius 1 is 0.966 bits per heavy atom. The van der Waals surface area contributed by atoms with E-state index in [4.69, 9.17) is 9.47 Å². The Morgan fingerprint density at radius 2 is 1.52 bits per heavy atom. The third-order valence-electron chi connectivity index (χ3n) is 5.87. The normalized spacial score (nSPS) is 19.7. The molecule has 1 saturated heterocycles. The summed E-state index contributed by atoms with van der Waals surface area (Å²) in [7, 11) is 0. The average molecular weight is 400 g/mol. The van der Waals surface area contributed by atoms with Gasteiger partial charge in [-0.3, -0.25) is 0 Å². The minimum atomic E-state index is 0.340. The topological polar surface area (TPSA) is 18.5 Å². The summed E-state index contributed by atoms with van der Waals surface area (Å²) in [5.41, 5.74) is 4.87. The summed E-state index contributed by atoms with van der Waals surface area (Å²) in [6.45, 7) is 19.9. The molecule has 2 nitrogen and oxygen atoms in total. The molecule has 1 aromatic rings. The molecule has 29 heavy (non-hydrogen) atoms. The van der Waals surface area contributed by atoms with E-state index in [1.54, 1.807) is 0 Å². The average Bonchev–Trinajstić information content (AvgIpc) is 3.45. The maximum absolute atomic E-state index is 5.99. The van der Waals surface area contributed by atoms with Crippen molar-refractivity contribution < 1.29 is 9.47 Å². The fourth-order valence-electron chi connectivity index (χ4n) is 3.75. The highest BCUT2D eigenvalue weighted by Crippen LogP contribution is 2.36. The van der Waals surface area contributed by atoms with Crippen LogP contribution in [0.25, 0.3) is 5.57 Å². The molecule has 0 aromatic heterocycles. The molecule has 2 heteroatoms. The van der Waals surface area contributed by atoms with Gasteiger partial charge in [-0.2, -0.15) is 0 Å². The predicted octanol–water partition coefficient (Wildman–Crippen LogP) is 7.44. The minimum absolute atomic E-state index is 0.340. The molecular formula is C27H43O2. The highest BCUT2D eigenvalue weighted by Gasteiger charge is 2.22. The Labute approximate surface area is 180 Å². The van der Waals surface area contributed by atoms with Gasteiger partial charge in [0.2, 0.25) is 0 Å². The van der Waals surface area contributed by atoms with Gasteiger partial charge in [-0.1, -0.05) is 78.8 Å². The maximum atomic E-state index is 5.99. The van der Waals surface area contributed by atoms with Crippen LogP contribution < -0.4 is 0 Å². The van der Waals surface area contributed by atoms with Crippen molar-refractivity contribution in [2.24, 2.45) is 10.8 Å². The molecule has 1 aliphatic carbocycles. The second-order valence-electron chi connectivity index (χ2n) is 11.0. The first-order chi connectivity index (χ1) is 13.5. The van der Waals surface area contributed by atoms with Crippen LogP contribution in [0, 0.1) is 17.3 Å². The first-order valence-corrected chi connectivity index (χ1v) is 11.3. The number of hydrogen-bond acceptors (Lipinski definition) is 2. The van der Waals surface area contributed by atoms with Gasteiger partial charge in [-0.05, 0) is 59.6 Å². The van der Waals surface area contributed by atoms with E-state index >= 15 is 0 Å². The van der Waals surface area contributed by atoms with Crippen LogP contribution in [0.1, 0.15) is 91.7 Å². The fourth-order valence-corrected chi connectivity index (χ4v) is 3.75. The Morgan fingerprint density at radius 3 is 1.97 bits per heavy atom. The molecule has 163 valence electrons. The van der Waals surface area contributed by atoms with Crippen LogP contribution in [0.15, 0.2) is 30.3 Å². The third kappa shape index (κ3) is 9.05. The van der Waals surface area contributed by atoms with E-state index in [-0.39, 0.29) is 0 Å². The number of ether oxygens (including phenoxy) is 2. The second kappa shape index (κ2) is 10.3. The van der Waals surface area contributed by atoms with Gasteiger partial charge in [0.1, 0.15) is 0 Å². The van der Waals surface area contributed by atoms with Gasteiger partial charge in [0.25, 0.3) is 0 Å². The number of hydrogen-bond donors (Lipinski definition) is 0. The molecule has 0 N–H and O–H groups in total. The zero-order chi connectivity index (χ0) is 21.7. The summed E-state index contributed by atoms with van der Waals surface area (Å²) in [6.07, 6.45) is 8.37. The SMILES string of the molecule is CC(CC(C)(C)C)OC1CCOCC1.CC(c1ccc(C2=C[CH]2)cc1)C(C)(C)C. The van der Waals surface area contributed by atoms with E-state index in [0.717, 1.165) is 32.5 Å². The zero-order valence-electron chi connectivity index (χ0n) is 20.0. The monoisotopic (exact) mass is 399 g/mol. The van der Waals surface area contributed by atoms with Crippen LogP contribution in [-0.2, 0) is 9.47 Å². The Balaban J connectivity index is 0.000000208. The molecule has 1 radical (unpaired) electrons. The van der Waals surface area contributed by atoms with Crippen LogP contribution in [0.3, 0.4) is 0 Å². The molecule has 1 fully saturated rings. The Bertz CT molecular complexity index is 637. The van der Waals surface area contributed by atoms with Gasteiger partial charge in [-0.25, -0.2) is 0 Å². The van der Waals surface area contributed by atoms with Gasteiger partial charge in [0.05, 0.1) is 12.2 Å². The molecule has 0 saturated carbocycles. The smallest absolute Gasteiger partial charge is 0.0622 e. The second-order valence-corrected chi connectivity index (χ2v) is 11.0. The number of allylic oxidation sites excluding steroid dienone is 2. The van der Waals surface area contributed by atoms with E-state index in [2.05, 4.69) is 92.2 Å². The van der Waals surface area contributed by atoms with Crippen molar-refractivity contribution in [1.82, 2.24) is 0 Å². The summed E-state index contributed by atoms with van der Waals surface area (Å²) < 4.78 is 11.3. The standard InChI is InChI=1S/C15H19.C12H24O2/c1-11(15(2,3)4)12-5-7-13(8-6-12)14-9-10-14;1-10(9-12(2,3)4)14-11-5-7-13-8-6-11/h5-11H,1-4H3;10-11H,5-9H2,1-4H3. The molecule has 2 unspecified atom stereocenters. The summed E-state index contributed by atoms with van der Waals surface area (Å²) in [5, 5.41) is 0. The lowest BCUT2D eigenvalue weighted by atomic mass is 9.78. The van der Waals surface area contributed by atoms with Crippen molar-refractivity contribution in [3.63, 3.8) is 0 Å². The predicted molar refractivity (Wildman–Crippen MR) is 125 cm³/mol. The van der Waals surface area contributed by atoms with Crippen molar-refractivity contribution >= 4 is 5.57 Å². The minimum Gasteiger partial charge on any atom is -0.381 e. The number of rotatable bonds is 5. The third-order valence-corrected chi connectivity index (χ3v) is 5.87. The summed E-state index contributed by atoms with van der Waals surface area (Å²) in [5.74, 6) is 0.601. The Kier molecular flexibility index (Phi) is 8.55. The van der Waals surface area contributed by atoms with E-state index in [9.17, 15) is 0 Å². The quantitative estimate of drug-likeness (QED) is 0.512. The summed E-state index contributed by atoms with van der Waals surface area (Å²) in [6, 6.07) is 8.98. The summed E-state index contributed by atoms with van der Waals surface area (Å²) >= 11 is 0. The van der Waals surface area contributed by atoms with Gasteiger partial charge in [0, 0.05) is 19.6 Å². The van der Waals surface area contributed by atoms with Crippen molar-refractivity contribution in [3.05, 3.63) is 47.9 Å². The van der Waals surface area contributed by atoms with Crippen LogP contribution in [0.4, 0.5) is 0 Å². The van der Waals surface area contributed by atoms with Crippen LogP contribution in [-0.4, -0.2) is 25.4 Å². The lowest BCUT2D eigenvalue weighted by Crippen LogP contribution is -2.29. The molecule has 0 spiro atoms. The molecule has 0 bridgehead atoms. The van der Waals surface area contributed by atoms with E-state index in [1.807, 2.05) is 0 Å². The molecule has 1 aromatic carbocycles. The highest BCUT2D eigenvalue weighted by molar-refractivity contribution is 5.87. The molecular weight excluding hydrogens is 356 g/mol. The van der Waals surface area contributed by atoms with Crippen molar-refractivity contribution in [2.75, 3.05) is 13.2 Å². The van der Waals surface area contributed by atoms with Crippen LogP contribution >= 0.6 is 0 Å². The first kappa shape index (κ1) is 24.2. The van der Waals surface area contributed by atoms with E-state index in [1.165, 1.54) is 16.7 Å². The maximum Gasteiger partial charge on any atom is 0.0622 e. The van der Waals surface area contributed by atoms with Crippen molar-refractivity contribution in [1.29, 1.82) is 0 Å². The van der Waals surface area contributed by atoms with E-state index < -0.39 is 0 Å². The van der Waals surface area contributed by atoms with Gasteiger partial charge < -0.3 is 9.47 Å². The highest BCUT2D eigenvalue weighted by atomic mass is 16.5. The molecule has 1 heterocycles. The lowest BCUT2D eigenvalue weighted by molar-refractivity contribution is -0.0719. The van der Waals surface area contributed by atoms with Crippen molar-refractivity contribution in [2.45, 2.75) is 92.8 Å². The molecule has 0 amide bonds. The largest absolute Gasteiger partial charge is 0.381 e. The van der Waals surface area contributed by atoms with Crippen LogP contribution in [0.2, 0.25) is 0 Å². The first-order valence-electron chi connectivity index (χ1n) is 11.3.